The summed E-state index contributed by atoms with van der Waals surface area (Å²) in [5.74, 6) is 1.67. The van der Waals surface area contributed by atoms with Gasteiger partial charge in [0, 0.05) is 18.2 Å². The average Bonchev–Trinajstić information content (AvgIpc) is 2.35. The molecule has 0 aliphatic rings. The van der Waals surface area contributed by atoms with E-state index in [9.17, 15) is 9.59 Å². The quantitative estimate of drug-likeness (QED) is 0.677. The Morgan fingerprint density at radius 1 is 1.44 bits per heavy atom. The van der Waals surface area contributed by atoms with Gasteiger partial charge in [0.25, 0.3) is 5.91 Å². The van der Waals surface area contributed by atoms with E-state index in [1.807, 2.05) is 0 Å². The first-order valence-electron chi connectivity index (χ1n) is 5.31. The van der Waals surface area contributed by atoms with Gasteiger partial charge < -0.3 is 15.7 Å². The molecule has 18 heavy (non-hydrogen) atoms. The number of hydrogen-bond donors (Lipinski definition) is 3. The highest BCUT2D eigenvalue weighted by atomic mass is 16.3. The van der Waals surface area contributed by atoms with Gasteiger partial charge in [-0.25, -0.2) is 0 Å². The molecule has 0 aliphatic heterocycles. The molecule has 0 aliphatic carbocycles. The molecule has 0 heterocycles. The number of aliphatic hydroxyl groups excluding tert-OH is 1. The number of carbonyl (C=O) groups excluding carboxylic acids is 2. The van der Waals surface area contributed by atoms with Crippen LogP contribution in [0.25, 0.3) is 0 Å². The number of terminal acetylenes is 1. The van der Waals surface area contributed by atoms with Crippen molar-refractivity contribution in [3.8, 4) is 12.3 Å². The Bertz CT molecular complexity index is 503. The van der Waals surface area contributed by atoms with Crippen molar-refractivity contribution in [2.45, 2.75) is 13.5 Å². The van der Waals surface area contributed by atoms with Crippen LogP contribution in [0.4, 0.5) is 5.69 Å². The molecular formula is C13H14N2O3. The van der Waals surface area contributed by atoms with Gasteiger partial charge in [0.05, 0.1) is 13.2 Å². The molecule has 0 fully saturated rings. The van der Waals surface area contributed by atoms with Crippen LogP contribution in [0.5, 0.6) is 0 Å². The zero-order valence-electron chi connectivity index (χ0n) is 9.99. The molecule has 0 aromatic heterocycles. The SMILES string of the molecule is C#CCNC(=O)c1cc(NC(C)=O)ccc1CO. The van der Waals surface area contributed by atoms with Crippen LogP contribution in [-0.4, -0.2) is 23.5 Å². The number of benzene rings is 1. The van der Waals surface area contributed by atoms with Gasteiger partial charge in [0.1, 0.15) is 0 Å². The molecule has 3 N–H and O–H groups in total. The fraction of sp³-hybridized carbons (Fsp3) is 0.231. The van der Waals surface area contributed by atoms with Crippen LogP contribution in [-0.2, 0) is 11.4 Å². The van der Waals surface area contributed by atoms with Crippen molar-refractivity contribution in [2.75, 3.05) is 11.9 Å². The molecule has 0 atom stereocenters. The second kappa shape index (κ2) is 6.42. The maximum Gasteiger partial charge on any atom is 0.252 e. The normalized spacial score (nSPS) is 9.39. The monoisotopic (exact) mass is 246 g/mol. The summed E-state index contributed by atoms with van der Waals surface area (Å²) in [6, 6.07) is 4.69. The highest BCUT2D eigenvalue weighted by Crippen LogP contribution is 2.16. The zero-order chi connectivity index (χ0) is 13.5. The van der Waals surface area contributed by atoms with Gasteiger partial charge >= 0.3 is 0 Å². The minimum absolute atomic E-state index is 0.105. The Hall–Kier alpha value is -2.32. The van der Waals surface area contributed by atoms with Crippen molar-refractivity contribution < 1.29 is 14.7 Å². The van der Waals surface area contributed by atoms with Crippen molar-refractivity contribution in [3.63, 3.8) is 0 Å². The summed E-state index contributed by atoms with van der Waals surface area (Å²) in [7, 11) is 0. The number of rotatable bonds is 4. The van der Waals surface area contributed by atoms with E-state index in [1.165, 1.54) is 13.0 Å². The van der Waals surface area contributed by atoms with Crippen LogP contribution in [0, 0.1) is 12.3 Å². The number of nitrogens with one attached hydrogen (secondary N) is 2. The van der Waals surface area contributed by atoms with Gasteiger partial charge in [0.2, 0.25) is 5.91 Å². The molecule has 1 rings (SSSR count). The van der Waals surface area contributed by atoms with Crippen LogP contribution in [0.2, 0.25) is 0 Å². The molecule has 0 saturated heterocycles. The van der Waals surface area contributed by atoms with Crippen LogP contribution < -0.4 is 10.6 Å². The van der Waals surface area contributed by atoms with E-state index in [4.69, 9.17) is 11.5 Å². The molecule has 1 aromatic carbocycles. The number of anilines is 1. The summed E-state index contributed by atoms with van der Waals surface area (Å²) in [5.41, 5.74) is 1.25. The average molecular weight is 246 g/mol. The van der Waals surface area contributed by atoms with Crippen LogP contribution in [0.3, 0.4) is 0 Å². The van der Waals surface area contributed by atoms with Crippen LogP contribution >= 0.6 is 0 Å². The fourth-order valence-corrected chi connectivity index (χ4v) is 1.43. The van der Waals surface area contributed by atoms with Gasteiger partial charge in [-0.1, -0.05) is 12.0 Å². The van der Waals surface area contributed by atoms with Crippen molar-refractivity contribution in [3.05, 3.63) is 29.3 Å². The summed E-state index contributed by atoms with van der Waals surface area (Å²) in [4.78, 5) is 22.7. The van der Waals surface area contributed by atoms with Crippen molar-refractivity contribution in [2.24, 2.45) is 0 Å². The largest absolute Gasteiger partial charge is 0.392 e. The van der Waals surface area contributed by atoms with Gasteiger partial charge in [0.15, 0.2) is 0 Å². The standard InChI is InChI=1S/C13H14N2O3/c1-3-6-14-13(18)12-7-11(15-9(2)17)5-4-10(12)8-16/h1,4-5,7,16H,6,8H2,2H3,(H,14,18)(H,15,17). The van der Waals surface area contributed by atoms with E-state index in [-0.39, 0.29) is 25.0 Å². The summed E-state index contributed by atoms with van der Waals surface area (Å²) >= 11 is 0. The highest BCUT2D eigenvalue weighted by molar-refractivity contribution is 5.98. The predicted molar refractivity (Wildman–Crippen MR) is 67.8 cm³/mol. The van der Waals surface area contributed by atoms with E-state index < -0.39 is 0 Å². The van der Waals surface area contributed by atoms with Crippen molar-refractivity contribution >= 4 is 17.5 Å². The summed E-state index contributed by atoms with van der Waals surface area (Å²) in [5, 5.41) is 14.2. The smallest absolute Gasteiger partial charge is 0.252 e. The number of amides is 2. The van der Waals surface area contributed by atoms with Crippen molar-refractivity contribution in [1.82, 2.24) is 5.32 Å². The zero-order valence-corrected chi connectivity index (χ0v) is 9.99. The maximum absolute atomic E-state index is 11.8. The first-order chi connectivity index (χ1) is 8.58. The topological polar surface area (TPSA) is 78.4 Å². The molecule has 0 unspecified atom stereocenters. The van der Waals surface area contributed by atoms with Gasteiger partial charge in [-0.3, -0.25) is 9.59 Å². The maximum atomic E-state index is 11.8. The fourth-order valence-electron chi connectivity index (χ4n) is 1.43. The number of carbonyl (C=O) groups is 2. The second-order valence-electron chi connectivity index (χ2n) is 3.60. The Kier molecular flexibility index (Phi) is 4.90. The van der Waals surface area contributed by atoms with Gasteiger partial charge in [-0.15, -0.1) is 6.42 Å². The third-order valence-electron chi connectivity index (χ3n) is 2.20. The lowest BCUT2D eigenvalue weighted by Gasteiger charge is -2.10. The van der Waals surface area contributed by atoms with Gasteiger partial charge in [-0.2, -0.15) is 0 Å². The van der Waals surface area contributed by atoms with E-state index in [0.717, 1.165) is 0 Å². The first-order valence-corrected chi connectivity index (χ1v) is 5.31. The van der Waals surface area contributed by atoms with E-state index in [0.29, 0.717) is 16.8 Å². The Morgan fingerprint density at radius 3 is 2.72 bits per heavy atom. The molecular weight excluding hydrogens is 232 g/mol. The minimum Gasteiger partial charge on any atom is -0.392 e. The molecule has 5 nitrogen and oxygen atoms in total. The lowest BCUT2D eigenvalue weighted by atomic mass is 10.1. The van der Waals surface area contributed by atoms with Crippen molar-refractivity contribution in [1.29, 1.82) is 0 Å². The molecule has 0 spiro atoms. The summed E-state index contributed by atoms with van der Waals surface area (Å²) in [6.45, 7) is 1.21. The Labute approximate surface area is 105 Å². The Balaban J connectivity index is 3.02. The molecule has 0 bridgehead atoms. The molecule has 1 aromatic rings. The summed E-state index contributed by atoms with van der Waals surface area (Å²) < 4.78 is 0. The third-order valence-corrected chi connectivity index (χ3v) is 2.20. The third kappa shape index (κ3) is 3.61. The molecule has 0 radical (unpaired) electrons. The second-order valence-corrected chi connectivity index (χ2v) is 3.60. The van der Waals surface area contributed by atoms with E-state index >= 15 is 0 Å². The Morgan fingerprint density at radius 2 is 2.17 bits per heavy atom. The first kappa shape index (κ1) is 13.7. The molecule has 94 valence electrons. The van der Waals surface area contributed by atoms with Crippen LogP contribution in [0.15, 0.2) is 18.2 Å². The van der Waals surface area contributed by atoms with E-state index in [1.54, 1.807) is 12.1 Å². The molecule has 2 amide bonds. The van der Waals surface area contributed by atoms with Crippen LogP contribution in [0.1, 0.15) is 22.8 Å². The lowest BCUT2D eigenvalue weighted by molar-refractivity contribution is -0.114. The number of hydrogen-bond acceptors (Lipinski definition) is 3. The lowest BCUT2D eigenvalue weighted by Crippen LogP contribution is -2.25. The number of aliphatic hydroxyl groups is 1. The molecule has 0 saturated carbocycles. The molecule has 5 heteroatoms. The highest BCUT2D eigenvalue weighted by Gasteiger charge is 2.11. The predicted octanol–water partition coefficient (Wildman–Crippen LogP) is 0.500. The van der Waals surface area contributed by atoms with Gasteiger partial charge in [-0.05, 0) is 17.7 Å². The minimum atomic E-state index is -0.385. The summed E-state index contributed by atoms with van der Waals surface area (Å²) in [6.07, 6.45) is 5.05. The van der Waals surface area contributed by atoms with E-state index in [2.05, 4.69) is 16.6 Å².